The lowest BCUT2D eigenvalue weighted by Crippen LogP contribution is -2.42. The Morgan fingerprint density at radius 3 is 1.29 bits per heavy atom. The van der Waals surface area contributed by atoms with Crippen molar-refractivity contribution in [2.75, 3.05) is 0 Å². The molecule has 0 bridgehead atoms. The molecule has 0 aliphatic rings. The van der Waals surface area contributed by atoms with Crippen molar-refractivity contribution in [3.05, 3.63) is 65.2 Å². The first-order chi connectivity index (χ1) is 15.0. The Morgan fingerprint density at radius 2 is 1.00 bits per heavy atom. The number of aryl methyl sites for hydroxylation is 4. The van der Waals surface area contributed by atoms with Gasteiger partial charge in [-0.05, 0) is 26.7 Å². The molecule has 2 heterocycles. The molecule has 0 aliphatic carbocycles. The lowest BCUT2D eigenvalue weighted by atomic mass is 10.2. The molecule has 6 N–H and O–H groups in total. The molecule has 0 aliphatic heterocycles. The molecule has 0 aromatic carbocycles. The molecule has 190 valence electrons. The topological polar surface area (TPSA) is 226 Å². The Morgan fingerprint density at radius 1 is 0.676 bits per heavy atom. The summed E-state index contributed by atoms with van der Waals surface area (Å²) < 4.78 is 4.39. The van der Waals surface area contributed by atoms with Crippen LogP contribution in [-0.2, 0) is 35.8 Å². The normalized spacial score (nSPS) is 10.3. The third kappa shape index (κ3) is 7.38. The molecule has 0 spiro atoms. The lowest BCUT2D eigenvalue weighted by Gasteiger charge is -2.12. The van der Waals surface area contributed by atoms with Crippen molar-refractivity contribution in [2.24, 2.45) is 0 Å². The van der Waals surface area contributed by atoms with Crippen LogP contribution in [0, 0.1) is 13.8 Å². The van der Waals surface area contributed by atoms with E-state index in [1.165, 1.54) is 35.4 Å². The summed E-state index contributed by atoms with van der Waals surface area (Å²) in [6, 6.07) is 0. The van der Waals surface area contributed by atoms with Crippen molar-refractivity contribution in [1.82, 2.24) is 18.3 Å². The van der Waals surface area contributed by atoms with Crippen molar-refractivity contribution in [2.45, 2.75) is 65.7 Å². The van der Waals surface area contributed by atoms with Gasteiger partial charge < -0.3 is 21.2 Å². The van der Waals surface area contributed by atoms with E-state index in [4.69, 9.17) is 10.2 Å². The highest BCUT2D eigenvalue weighted by molar-refractivity contribution is 5.66. The van der Waals surface area contributed by atoms with Crippen LogP contribution in [-0.4, -0.2) is 51.4 Å². The molecule has 0 amide bonds. The van der Waals surface area contributed by atoms with E-state index in [0.29, 0.717) is 24.0 Å². The van der Waals surface area contributed by atoms with Gasteiger partial charge in [0.05, 0.1) is 12.8 Å². The van der Waals surface area contributed by atoms with Gasteiger partial charge >= 0.3 is 23.3 Å². The number of rotatable bonds is 11. The largest absolute Gasteiger partial charge is 0.481 e. The van der Waals surface area contributed by atoms with Gasteiger partial charge in [0, 0.05) is 49.7 Å². The van der Waals surface area contributed by atoms with E-state index in [1.54, 1.807) is 0 Å². The Balaban J connectivity index is 0.00000544. The van der Waals surface area contributed by atoms with Crippen molar-refractivity contribution >= 4 is 11.9 Å². The number of hydrogen-bond acceptors (Lipinski definition) is 6. The van der Waals surface area contributed by atoms with Gasteiger partial charge in [0.25, 0.3) is 11.1 Å². The second-order valence-electron chi connectivity index (χ2n) is 7.48. The van der Waals surface area contributed by atoms with Crippen molar-refractivity contribution < 1.29 is 30.8 Å². The van der Waals surface area contributed by atoms with Gasteiger partial charge in [0.2, 0.25) is 0 Å². The molecule has 2 aromatic rings. The maximum atomic E-state index is 12.5. The van der Waals surface area contributed by atoms with E-state index in [0.717, 1.165) is 9.13 Å². The molecule has 0 fully saturated rings. The second kappa shape index (κ2) is 13.1. The van der Waals surface area contributed by atoms with Gasteiger partial charge in [-0.2, -0.15) is 0 Å². The fourth-order valence-corrected chi connectivity index (χ4v) is 3.28. The molecule has 0 saturated carbocycles. The SMILES string of the molecule is Cc1cn(CCC(=O)O)c(=O)n(CCCCn2c(=O)c(C)cn(CCC(=O)O)c2=O)c1=O.O.O. The van der Waals surface area contributed by atoms with E-state index in [-0.39, 0.29) is 50.0 Å². The number of carbonyl (C=O) groups is 2. The predicted octanol–water partition coefficient (Wildman–Crippen LogP) is -2.27. The first-order valence-corrected chi connectivity index (χ1v) is 10.1. The monoisotopic (exact) mass is 486 g/mol. The predicted molar refractivity (Wildman–Crippen MR) is 120 cm³/mol. The fraction of sp³-hybridized carbons (Fsp3) is 0.500. The molecule has 0 unspecified atom stereocenters. The Labute approximate surface area is 192 Å². The maximum Gasteiger partial charge on any atom is 0.330 e. The van der Waals surface area contributed by atoms with Gasteiger partial charge in [-0.1, -0.05) is 0 Å². The fourth-order valence-electron chi connectivity index (χ4n) is 3.28. The van der Waals surface area contributed by atoms with E-state index < -0.39 is 34.4 Å². The third-order valence-electron chi connectivity index (χ3n) is 4.96. The summed E-state index contributed by atoms with van der Waals surface area (Å²) >= 11 is 0. The van der Waals surface area contributed by atoms with Gasteiger partial charge in [0.15, 0.2) is 0 Å². The van der Waals surface area contributed by atoms with Crippen molar-refractivity contribution in [3.63, 3.8) is 0 Å². The summed E-state index contributed by atoms with van der Waals surface area (Å²) in [7, 11) is 0. The Kier molecular flexibility index (Phi) is 11.6. The highest BCUT2D eigenvalue weighted by Crippen LogP contribution is 1.97. The number of aliphatic carboxylic acids is 2. The summed E-state index contributed by atoms with van der Waals surface area (Å²) in [5.41, 5.74) is -1.61. The van der Waals surface area contributed by atoms with Gasteiger partial charge in [0.1, 0.15) is 0 Å². The van der Waals surface area contributed by atoms with Crippen LogP contribution in [0.2, 0.25) is 0 Å². The summed E-state index contributed by atoms with van der Waals surface area (Å²) in [5, 5.41) is 17.6. The van der Waals surface area contributed by atoms with Crippen LogP contribution in [0.1, 0.15) is 36.8 Å². The van der Waals surface area contributed by atoms with Crippen LogP contribution >= 0.6 is 0 Å². The van der Waals surface area contributed by atoms with Gasteiger partial charge in [-0.3, -0.25) is 37.4 Å². The minimum atomic E-state index is -1.06. The third-order valence-corrected chi connectivity index (χ3v) is 4.96. The number of unbranched alkanes of at least 4 members (excludes halogenated alkanes) is 1. The first-order valence-electron chi connectivity index (χ1n) is 10.1. The van der Waals surface area contributed by atoms with Crippen molar-refractivity contribution in [3.8, 4) is 0 Å². The lowest BCUT2D eigenvalue weighted by molar-refractivity contribution is -0.138. The minimum Gasteiger partial charge on any atom is -0.481 e. The molecule has 2 aromatic heterocycles. The van der Waals surface area contributed by atoms with Crippen LogP contribution in [0.4, 0.5) is 0 Å². The standard InChI is InChI=1S/C20H26N4O8.2H2O/c1-13-11-21(9-5-15(25)26)19(31)23(17(13)29)7-3-4-8-24-18(30)14(2)12-22(20(24)32)10-6-16(27)28;;/h11-12H,3-10H2,1-2H3,(H,25,26)(H,27,28);2*1H2. The van der Waals surface area contributed by atoms with Crippen LogP contribution in [0.5, 0.6) is 0 Å². The average Bonchev–Trinajstić information content (AvgIpc) is 2.72. The summed E-state index contributed by atoms with van der Waals surface area (Å²) in [6.07, 6.45) is 2.76. The molecule has 14 heteroatoms. The van der Waals surface area contributed by atoms with Gasteiger partial charge in [-0.25, -0.2) is 9.59 Å². The summed E-state index contributed by atoms with van der Waals surface area (Å²) in [4.78, 5) is 71.3. The van der Waals surface area contributed by atoms with Crippen LogP contribution in [0.25, 0.3) is 0 Å². The molecule has 2 rings (SSSR count). The zero-order chi connectivity index (χ0) is 24.0. The summed E-state index contributed by atoms with van der Waals surface area (Å²) in [6.45, 7) is 3.01. The number of aromatic nitrogens is 4. The Hall–Kier alpha value is -3.78. The van der Waals surface area contributed by atoms with E-state index in [9.17, 15) is 28.8 Å². The van der Waals surface area contributed by atoms with Gasteiger partial charge in [-0.15, -0.1) is 0 Å². The second-order valence-corrected chi connectivity index (χ2v) is 7.48. The number of hydrogen-bond donors (Lipinski definition) is 2. The number of carboxylic acids is 2. The summed E-state index contributed by atoms with van der Waals surface area (Å²) in [5.74, 6) is -2.13. The molecular weight excluding hydrogens is 456 g/mol. The highest BCUT2D eigenvalue weighted by atomic mass is 16.4. The maximum absolute atomic E-state index is 12.5. The van der Waals surface area contributed by atoms with Crippen molar-refractivity contribution in [1.29, 1.82) is 0 Å². The Bertz CT molecular complexity index is 1150. The molecule has 34 heavy (non-hydrogen) atoms. The zero-order valence-electron chi connectivity index (χ0n) is 18.9. The van der Waals surface area contributed by atoms with Crippen LogP contribution < -0.4 is 22.5 Å². The van der Waals surface area contributed by atoms with E-state index >= 15 is 0 Å². The first kappa shape index (κ1) is 30.2. The minimum absolute atomic E-state index is 0. The number of nitrogens with zero attached hydrogens (tertiary/aromatic N) is 4. The van der Waals surface area contributed by atoms with Crippen LogP contribution in [0.15, 0.2) is 31.6 Å². The zero-order valence-corrected chi connectivity index (χ0v) is 18.9. The molecule has 0 atom stereocenters. The number of carboxylic acid groups (broad SMARTS) is 2. The van der Waals surface area contributed by atoms with Crippen LogP contribution in [0.3, 0.4) is 0 Å². The van der Waals surface area contributed by atoms with E-state index in [2.05, 4.69) is 0 Å². The molecule has 14 nitrogen and oxygen atoms in total. The molecular formula is C20H30N4O10. The van der Waals surface area contributed by atoms with E-state index in [1.807, 2.05) is 0 Å². The quantitative estimate of drug-likeness (QED) is 0.328. The smallest absolute Gasteiger partial charge is 0.330 e. The highest BCUT2D eigenvalue weighted by Gasteiger charge is 2.12. The average molecular weight is 486 g/mol. The molecule has 0 radical (unpaired) electrons. The molecule has 0 saturated heterocycles.